The van der Waals surface area contributed by atoms with Crippen molar-refractivity contribution < 1.29 is 9.47 Å². The highest BCUT2D eigenvalue weighted by atomic mass is 16.5. The van der Waals surface area contributed by atoms with Crippen molar-refractivity contribution in [3.05, 3.63) is 23.9 Å². The molecule has 2 atom stereocenters. The fourth-order valence-electron chi connectivity index (χ4n) is 2.16. The first-order valence-corrected chi connectivity index (χ1v) is 7.03. The molecule has 0 aliphatic carbocycles. The highest BCUT2D eigenvalue weighted by Gasteiger charge is 2.15. The molecule has 5 heteroatoms. The third-order valence-corrected chi connectivity index (χ3v) is 3.14. The summed E-state index contributed by atoms with van der Waals surface area (Å²) in [6, 6.07) is 4.53. The molecule has 0 aromatic carbocycles. The van der Waals surface area contributed by atoms with Crippen molar-refractivity contribution in [2.75, 3.05) is 38.9 Å². The number of rotatable bonds is 9. The molecule has 0 saturated carbocycles. The molecule has 1 heterocycles. The lowest BCUT2D eigenvalue weighted by Gasteiger charge is -2.29. The van der Waals surface area contributed by atoms with Gasteiger partial charge < -0.3 is 20.1 Å². The first-order chi connectivity index (χ1) is 9.58. The average molecular weight is 281 g/mol. The van der Waals surface area contributed by atoms with E-state index in [0.29, 0.717) is 13.2 Å². The Balaban J connectivity index is 2.78. The molecule has 1 rings (SSSR count). The summed E-state index contributed by atoms with van der Waals surface area (Å²) in [5.41, 5.74) is 6.97. The highest BCUT2D eigenvalue weighted by Crippen LogP contribution is 2.15. The Kier molecular flexibility index (Phi) is 7.51. The summed E-state index contributed by atoms with van der Waals surface area (Å²) in [5.74, 6) is 0.944. The van der Waals surface area contributed by atoms with Gasteiger partial charge in [-0.2, -0.15) is 0 Å². The van der Waals surface area contributed by atoms with Crippen molar-refractivity contribution in [3.8, 4) is 0 Å². The summed E-state index contributed by atoms with van der Waals surface area (Å²) in [5, 5.41) is 0. The Labute approximate surface area is 122 Å². The Morgan fingerprint density at radius 2 is 2.00 bits per heavy atom. The van der Waals surface area contributed by atoms with Crippen LogP contribution in [0.5, 0.6) is 0 Å². The maximum absolute atomic E-state index is 5.80. The van der Waals surface area contributed by atoms with Crippen LogP contribution in [0.2, 0.25) is 0 Å². The van der Waals surface area contributed by atoms with Gasteiger partial charge in [-0.05, 0) is 31.9 Å². The minimum Gasteiger partial charge on any atom is -0.383 e. The number of methoxy groups -OCH3 is 2. The first-order valence-electron chi connectivity index (χ1n) is 7.03. The fourth-order valence-corrected chi connectivity index (χ4v) is 2.16. The van der Waals surface area contributed by atoms with E-state index in [9.17, 15) is 0 Å². The molecular weight excluding hydrogens is 254 g/mol. The van der Waals surface area contributed by atoms with Crippen LogP contribution in [0.4, 0.5) is 5.82 Å². The van der Waals surface area contributed by atoms with E-state index in [1.165, 1.54) is 0 Å². The fraction of sp³-hybridized carbons (Fsp3) is 0.667. The van der Waals surface area contributed by atoms with Crippen LogP contribution in [0.25, 0.3) is 0 Å². The quantitative estimate of drug-likeness (QED) is 0.742. The molecule has 0 aliphatic heterocycles. The lowest BCUT2D eigenvalue weighted by atomic mass is 10.1. The number of aromatic nitrogens is 1. The van der Waals surface area contributed by atoms with Gasteiger partial charge in [0.25, 0.3) is 0 Å². The molecule has 2 N–H and O–H groups in total. The van der Waals surface area contributed by atoms with E-state index in [1.807, 2.05) is 19.2 Å². The zero-order chi connectivity index (χ0) is 15.0. The molecule has 0 fully saturated rings. The Morgan fingerprint density at radius 3 is 2.50 bits per heavy atom. The SMILES string of the molecule is COCCN(c1ccc(CC(C)N)cn1)C(C)COC. The van der Waals surface area contributed by atoms with Crippen molar-refractivity contribution in [1.82, 2.24) is 4.98 Å². The van der Waals surface area contributed by atoms with Gasteiger partial charge in [0, 0.05) is 33.0 Å². The van der Waals surface area contributed by atoms with Gasteiger partial charge in [-0.1, -0.05) is 6.07 Å². The van der Waals surface area contributed by atoms with Crippen LogP contribution in [0.15, 0.2) is 18.3 Å². The number of pyridine rings is 1. The van der Waals surface area contributed by atoms with Gasteiger partial charge in [0.1, 0.15) is 5.82 Å². The van der Waals surface area contributed by atoms with Crippen LogP contribution in [0.1, 0.15) is 19.4 Å². The third-order valence-electron chi connectivity index (χ3n) is 3.14. The summed E-state index contributed by atoms with van der Waals surface area (Å²) in [7, 11) is 3.42. The number of ether oxygens (including phenoxy) is 2. The van der Waals surface area contributed by atoms with E-state index in [1.54, 1.807) is 14.2 Å². The molecule has 0 saturated heterocycles. The number of hydrogen-bond donors (Lipinski definition) is 1. The predicted octanol–water partition coefficient (Wildman–Crippen LogP) is 1.46. The topological polar surface area (TPSA) is 60.6 Å². The lowest BCUT2D eigenvalue weighted by molar-refractivity contribution is 0.170. The van der Waals surface area contributed by atoms with E-state index in [4.69, 9.17) is 15.2 Å². The van der Waals surface area contributed by atoms with Crippen LogP contribution in [-0.2, 0) is 15.9 Å². The molecule has 0 spiro atoms. The van der Waals surface area contributed by atoms with Gasteiger partial charge in [-0.3, -0.25) is 0 Å². The van der Waals surface area contributed by atoms with E-state index >= 15 is 0 Å². The Bertz CT molecular complexity index is 368. The summed E-state index contributed by atoms with van der Waals surface area (Å²) in [6.45, 7) is 6.24. The molecule has 5 nitrogen and oxygen atoms in total. The molecule has 0 radical (unpaired) electrons. The van der Waals surface area contributed by atoms with Gasteiger partial charge >= 0.3 is 0 Å². The molecule has 0 aliphatic rings. The summed E-state index contributed by atoms with van der Waals surface area (Å²) < 4.78 is 10.4. The Hall–Kier alpha value is -1.17. The lowest BCUT2D eigenvalue weighted by Crippen LogP contribution is -2.39. The van der Waals surface area contributed by atoms with E-state index in [-0.39, 0.29) is 12.1 Å². The number of nitrogens with zero attached hydrogens (tertiary/aromatic N) is 2. The second-order valence-electron chi connectivity index (χ2n) is 5.20. The molecule has 1 aromatic heterocycles. The maximum atomic E-state index is 5.80. The molecular formula is C15H27N3O2. The van der Waals surface area contributed by atoms with Crippen LogP contribution < -0.4 is 10.6 Å². The van der Waals surface area contributed by atoms with Crippen molar-refractivity contribution in [2.24, 2.45) is 5.73 Å². The van der Waals surface area contributed by atoms with Gasteiger partial charge in [0.05, 0.1) is 19.3 Å². The normalized spacial score (nSPS) is 14.1. The second kappa shape index (κ2) is 8.89. The van der Waals surface area contributed by atoms with Gasteiger partial charge in [-0.15, -0.1) is 0 Å². The minimum atomic E-state index is 0.152. The highest BCUT2D eigenvalue weighted by molar-refractivity contribution is 5.40. The van der Waals surface area contributed by atoms with Crippen molar-refractivity contribution >= 4 is 5.82 Å². The van der Waals surface area contributed by atoms with E-state index in [2.05, 4.69) is 22.9 Å². The molecule has 0 amide bonds. The zero-order valence-corrected chi connectivity index (χ0v) is 13.0. The predicted molar refractivity (Wildman–Crippen MR) is 82.2 cm³/mol. The monoisotopic (exact) mass is 281 g/mol. The second-order valence-corrected chi connectivity index (χ2v) is 5.20. The van der Waals surface area contributed by atoms with Crippen LogP contribution in [0, 0.1) is 0 Å². The standard InChI is InChI=1S/C15H27N3O2/c1-12(16)9-14-5-6-15(17-10-14)18(7-8-19-3)13(2)11-20-4/h5-6,10,12-13H,7-9,11,16H2,1-4H3. The molecule has 1 aromatic rings. The molecule has 0 bridgehead atoms. The largest absolute Gasteiger partial charge is 0.383 e. The van der Waals surface area contributed by atoms with Gasteiger partial charge in [0.2, 0.25) is 0 Å². The van der Waals surface area contributed by atoms with E-state index < -0.39 is 0 Å². The van der Waals surface area contributed by atoms with Crippen molar-refractivity contribution in [2.45, 2.75) is 32.4 Å². The van der Waals surface area contributed by atoms with Crippen LogP contribution in [-0.4, -0.2) is 51.0 Å². The smallest absolute Gasteiger partial charge is 0.128 e. The van der Waals surface area contributed by atoms with Crippen molar-refractivity contribution in [3.63, 3.8) is 0 Å². The molecule has 2 unspecified atom stereocenters. The number of hydrogen-bond acceptors (Lipinski definition) is 5. The van der Waals surface area contributed by atoms with E-state index in [0.717, 1.165) is 24.3 Å². The van der Waals surface area contributed by atoms with Crippen LogP contribution >= 0.6 is 0 Å². The average Bonchev–Trinajstić information content (AvgIpc) is 2.40. The minimum absolute atomic E-state index is 0.152. The summed E-state index contributed by atoms with van der Waals surface area (Å²) in [4.78, 5) is 6.74. The first kappa shape index (κ1) is 16.9. The van der Waals surface area contributed by atoms with Crippen LogP contribution in [0.3, 0.4) is 0 Å². The number of anilines is 1. The zero-order valence-electron chi connectivity index (χ0n) is 13.0. The van der Waals surface area contributed by atoms with Gasteiger partial charge in [0.15, 0.2) is 0 Å². The Morgan fingerprint density at radius 1 is 1.25 bits per heavy atom. The molecule has 114 valence electrons. The van der Waals surface area contributed by atoms with Crippen molar-refractivity contribution in [1.29, 1.82) is 0 Å². The summed E-state index contributed by atoms with van der Waals surface area (Å²) >= 11 is 0. The van der Waals surface area contributed by atoms with Gasteiger partial charge in [-0.25, -0.2) is 4.98 Å². The third kappa shape index (κ3) is 5.45. The maximum Gasteiger partial charge on any atom is 0.128 e. The number of nitrogens with two attached hydrogens (primary N) is 1. The summed E-state index contributed by atoms with van der Waals surface area (Å²) in [6.07, 6.45) is 2.75. The molecule has 20 heavy (non-hydrogen) atoms.